The summed E-state index contributed by atoms with van der Waals surface area (Å²) in [6.45, 7) is 27.3. The summed E-state index contributed by atoms with van der Waals surface area (Å²) in [4.78, 5) is 27.0. The summed E-state index contributed by atoms with van der Waals surface area (Å²) in [6, 6.07) is 0. The molecule has 268 valence electrons. The van der Waals surface area contributed by atoms with Crippen LogP contribution in [0.2, 0.25) is 0 Å². The average Bonchev–Trinajstić information content (AvgIpc) is 2.94. The Morgan fingerprint density at radius 3 is 0.545 bits per heavy atom. The van der Waals surface area contributed by atoms with E-state index in [1.807, 2.05) is 0 Å². The van der Waals surface area contributed by atoms with Gasteiger partial charge in [0.05, 0.1) is 0 Å². The molecule has 0 spiro atoms. The topological polar surface area (TPSA) is 112 Å². The predicted molar refractivity (Wildman–Crippen MR) is 195 cm³/mol. The molecule has 0 aromatic carbocycles. The molecule has 0 aliphatic rings. The SMILES string of the molecule is CC(=O)O.CC(=O)O.CC(=O)O.[CH2]CCCCCCC.[CH2]CCCCCCC.[CH2]CCCCCCC.[CH2]CCCCCCC. The van der Waals surface area contributed by atoms with Crippen molar-refractivity contribution in [1.29, 1.82) is 0 Å². The molecule has 0 aliphatic carbocycles. The van der Waals surface area contributed by atoms with Crippen molar-refractivity contribution < 1.29 is 29.7 Å². The highest BCUT2D eigenvalue weighted by atomic mass is 16.4. The third-order valence-corrected chi connectivity index (χ3v) is 5.41. The van der Waals surface area contributed by atoms with Crippen molar-refractivity contribution in [1.82, 2.24) is 0 Å². The first-order valence-corrected chi connectivity index (χ1v) is 17.6. The number of unbranched alkanes of at least 4 members (excludes halogenated alkanes) is 20. The van der Waals surface area contributed by atoms with E-state index >= 15 is 0 Å². The first kappa shape index (κ1) is 58.0. The lowest BCUT2D eigenvalue weighted by Gasteiger charge is -1.93. The van der Waals surface area contributed by atoms with Crippen LogP contribution in [0.1, 0.15) is 203 Å². The monoisotopic (exact) mass is 633 g/mol. The van der Waals surface area contributed by atoms with Crippen molar-refractivity contribution in [2.75, 3.05) is 0 Å². The fraction of sp³-hybridized carbons (Fsp3) is 0.816. The van der Waals surface area contributed by atoms with Gasteiger partial charge in [-0.15, -0.1) is 0 Å². The Kier molecular flexibility index (Phi) is 90.3. The van der Waals surface area contributed by atoms with E-state index in [1.165, 1.54) is 128 Å². The van der Waals surface area contributed by atoms with E-state index in [4.69, 9.17) is 29.7 Å². The minimum Gasteiger partial charge on any atom is -0.481 e. The second-order valence-electron chi connectivity index (χ2n) is 10.6. The summed E-state index contributed by atoms with van der Waals surface area (Å²) < 4.78 is 0. The average molecular weight is 633 g/mol. The Morgan fingerprint density at radius 1 is 0.341 bits per heavy atom. The summed E-state index contributed by atoms with van der Waals surface area (Å²) in [5.74, 6) is -2.50. The fourth-order valence-corrected chi connectivity index (χ4v) is 3.12. The zero-order chi connectivity index (χ0) is 35.7. The van der Waals surface area contributed by atoms with Crippen LogP contribution in [0.4, 0.5) is 0 Å². The van der Waals surface area contributed by atoms with E-state index < -0.39 is 17.9 Å². The van der Waals surface area contributed by atoms with Crippen molar-refractivity contribution in [3.05, 3.63) is 27.7 Å². The van der Waals surface area contributed by atoms with E-state index in [2.05, 4.69) is 55.4 Å². The van der Waals surface area contributed by atoms with E-state index in [9.17, 15) is 0 Å². The number of carboxylic acids is 3. The molecule has 0 atom stereocenters. The maximum Gasteiger partial charge on any atom is 0.300 e. The van der Waals surface area contributed by atoms with Gasteiger partial charge in [-0.1, -0.05) is 209 Å². The molecule has 0 saturated carbocycles. The molecule has 44 heavy (non-hydrogen) atoms. The van der Waals surface area contributed by atoms with Crippen LogP contribution in [-0.4, -0.2) is 33.2 Å². The van der Waals surface area contributed by atoms with E-state index in [0.29, 0.717) is 0 Å². The standard InChI is InChI=1S/4C8H17.3C2H4O2/c4*1-3-5-7-8-6-4-2;3*1-2(3)4/h4*1,3-8H2,2H3;3*1H3,(H,3,4). The zero-order valence-corrected chi connectivity index (χ0v) is 30.9. The van der Waals surface area contributed by atoms with E-state index in [0.717, 1.165) is 46.5 Å². The van der Waals surface area contributed by atoms with Gasteiger partial charge in [-0.25, -0.2) is 0 Å². The quantitative estimate of drug-likeness (QED) is 0.115. The van der Waals surface area contributed by atoms with E-state index in [-0.39, 0.29) is 0 Å². The molecule has 0 rings (SSSR count). The van der Waals surface area contributed by atoms with Gasteiger partial charge in [-0.2, -0.15) is 0 Å². The highest BCUT2D eigenvalue weighted by molar-refractivity contribution is 5.63. The minimum absolute atomic E-state index is 0.833. The lowest BCUT2D eigenvalue weighted by molar-refractivity contribution is -0.135. The maximum atomic E-state index is 9.00. The molecule has 0 unspecified atom stereocenters. The predicted octanol–water partition coefficient (Wildman–Crippen LogP) is 13.0. The van der Waals surface area contributed by atoms with Crippen LogP contribution in [0.15, 0.2) is 0 Å². The molecule has 4 radical (unpaired) electrons. The first-order valence-electron chi connectivity index (χ1n) is 17.6. The number of carbonyl (C=O) groups is 3. The normalized spacial score (nSPS) is 8.80. The van der Waals surface area contributed by atoms with Crippen LogP contribution in [0.3, 0.4) is 0 Å². The summed E-state index contributed by atoms with van der Waals surface area (Å²) in [5, 5.41) is 22.2. The summed E-state index contributed by atoms with van der Waals surface area (Å²) >= 11 is 0. The number of hydrogen-bond acceptors (Lipinski definition) is 3. The van der Waals surface area contributed by atoms with E-state index in [1.54, 1.807) is 0 Å². The highest BCUT2D eigenvalue weighted by Crippen LogP contribution is 2.05. The molecule has 6 nitrogen and oxygen atoms in total. The molecular weight excluding hydrogens is 552 g/mol. The molecule has 0 bridgehead atoms. The van der Waals surface area contributed by atoms with Gasteiger partial charge in [-0.05, 0) is 0 Å². The first-order chi connectivity index (χ1) is 20.9. The number of rotatable bonds is 20. The second-order valence-corrected chi connectivity index (χ2v) is 10.6. The number of hydrogen-bond donors (Lipinski definition) is 3. The molecular formula is C38H80O6. The summed E-state index contributed by atoms with van der Waals surface area (Å²) in [7, 11) is 0. The number of aliphatic carboxylic acids is 3. The molecule has 0 aromatic rings. The van der Waals surface area contributed by atoms with Crippen LogP contribution in [0, 0.1) is 27.7 Å². The zero-order valence-electron chi connectivity index (χ0n) is 30.9. The van der Waals surface area contributed by atoms with Crippen molar-refractivity contribution in [3.8, 4) is 0 Å². The Bertz CT molecular complexity index is 354. The van der Waals surface area contributed by atoms with Gasteiger partial charge in [0, 0.05) is 20.8 Å². The second kappa shape index (κ2) is 68.5. The smallest absolute Gasteiger partial charge is 0.300 e. The van der Waals surface area contributed by atoms with Crippen molar-refractivity contribution in [2.24, 2.45) is 0 Å². The lowest BCUT2D eigenvalue weighted by Crippen LogP contribution is -1.78. The van der Waals surface area contributed by atoms with Gasteiger partial charge in [0.15, 0.2) is 0 Å². The molecule has 0 saturated heterocycles. The molecule has 0 heterocycles. The molecule has 0 aromatic heterocycles. The van der Waals surface area contributed by atoms with Gasteiger partial charge in [0.1, 0.15) is 0 Å². The third-order valence-electron chi connectivity index (χ3n) is 5.41. The van der Waals surface area contributed by atoms with Crippen LogP contribution in [-0.2, 0) is 14.4 Å². The molecule has 0 aliphatic heterocycles. The van der Waals surface area contributed by atoms with Crippen molar-refractivity contribution >= 4 is 17.9 Å². The summed E-state index contributed by atoms with van der Waals surface area (Å²) in [6.07, 6.45) is 31.9. The highest BCUT2D eigenvalue weighted by Gasteiger charge is 1.85. The van der Waals surface area contributed by atoms with Crippen molar-refractivity contribution in [2.45, 2.75) is 203 Å². The fourth-order valence-electron chi connectivity index (χ4n) is 3.12. The molecule has 6 heteroatoms. The minimum atomic E-state index is -0.833. The van der Waals surface area contributed by atoms with Gasteiger partial charge in [-0.3, -0.25) is 14.4 Å². The van der Waals surface area contributed by atoms with Crippen LogP contribution in [0.5, 0.6) is 0 Å². The Hall–Kier alpha value is -1.59. The third kappa shape index (κ3) is 185. The summed E-state index contributed by atoms with van der Waals surface area (Å²) in [5.41, 5.74) is 0. The van der Waals surface area contributed by atoms with Gasteiger partial charge >= 0.3 is 0 Å². The number of carboxylic acid groups (broad SMARTS) is 3. The van der Waals surface area contributed by atoms with Gasteiger partial charge in [0.25, 0.3) is 17.9 Å². The van der Waals surface area contributed by atoms with Gasteiger partial charge in [0.2, 0.25) is 0 Å². The largest absolute Gasteiger partial charge is 0.481 e. The Morgan fingerprint density at radius 2 is 0.455 bits per heavy atom. The Labute approximate surface area is 277 Å². The Balaban J connectivity index is -0.0000000742. The molecule has 0 amide bonds. The van der Waals surface area contributed by atoms with Crippen LogP contribution < -0.4 is 0 Å². The van der Waals surface area contributed by atoms with Gasteiger partial charge < -0.3 is 15.3 Å². The maximum absolute atomic E-state index is 9.00. The van der Waals surface area contributed by atoms with Crippen LogP contribution >= 0.6 is 0 Å². The lowest BCUT2D eigenvalue weighted by atomic mass is 10.1. The molecule has 3 N–H and O–H groups in total. The van der Waals surface area contributed by atoms with Crippen molar-refractivity contribution in [3.63, 3.8) is 0 Å². The molecule has 0 fully saturated rings. The van der Waals surface area contributed by atoms with Crippen LogP contribution in [0.25, 0.3) is 0 Å².